The Morgan fingerprint density at radius 2 is 2.07 bits per heavy atom. The molecule has 2 atom stereocenters. The third kappa shape index (κ3) is 4.42. The van der Waals surface area contributed by atoms with E-state index in [1.165, 1.54) is 0 Å². The number of rotatable bonds is 6. The number of anilines is 1. The number of fused-ring (bicyclic) bond motifs is 1. The van der Waals surface area contributed by atoms with E-state index in [9.17, 15) is 14.4 Å². The highest BCUT2D eigenvalue weighted by Gasteiger charge is 2.30. The Morgan fingerprint density at radius 1 is 1.31 bits per heavy atom. The summed E-state index contributed by atoms with van der Waals surface area (Å²) in [6.07, 6.45) is 0.437. The highest BCUT2D eigenvalue weighted by molar-refractivity contribution is 6.11. The summed E-state index contributed by atoms with van der Waals surface area (Å²) in [5, 5.41) is 3.53. The van der Waals surface area contributed by atoms with Crippen LogP contribution in [0.2, 0.25) is 0 Å². The lowest BCUT2D eigenvalue weighted by Gasteiger charge is -2.35. The molecule has 0 bridgehead atoms. The van der Waals surface area contributed by atoms with Crippen LogP contribution in [0.1, 0.15) is 37.7 Å². The molecule has 29 heavy (non-hydrogen) atoms. The van der Waals surface area contributed by atoms with Crippen LogP contribution in [0.25, 0.3) is 10.9 Å². The lowest BCUT2D eigenvalue weighted by Crippen LogP contribution is -2.48. The van der Waals surface area contributed by atoms with E-state index in [2.05, 4.69) is 10.3 Å². The van der Waals surface area contributed by atoms with Crippen molar-refractivity contribution in [3.63, 3.8) is 0 Å². The minimum absolute atomic E-state index is 0.00274. The van der Waals surface area contributed by atoms with Crippen LogP contribution < -0.4 is 10.1 Å². The predicted molar refractivity (Wildman–Crippen MR) is 109 cm³/mol. The van der Waals surface area contributed by atoms with E-state index < -0.39 is 5.97 Å². The number of aromatic nitrogens is 1. The number of esters is 1. The maximum Gasteiger partial charge on any atom is 0.356 e. The number of methoxy groups -OCH3 is 1. The molecule has 2 aromatic rings. The van der Waals surface area contributed by atoms with Crippen LogP contribution in [0.15, 0.2) is 18.2 Å². The molecule has 0 aliphatic carbocycles. The topological polar surface area (TPSA) is 101 Å². The number of H-pyrrole nitrogens is 1. The van der Waals surface area contributed by atoms with Crippen molar-refractivity contribution in [2.75, 3.05) is 32.1 Å². The maximum absolute atomic E-state index is 12.8. The fourth-order valence-electron chi connectivity index (χ4n) is 3.62. The van der Waals surface area contributed by atoms with Gasteiger partial charge in [-0.05, 0) is 32.0 Å². The number of likely N-dealkylation sites (tertiary alicyclic amines) is 1. The third-order valence-corrected chi connectivity index (χ3v) is 5.27. The van der Waals surface area contributed by atoms with Gasteiger partial charge in [0.2, 0.25) is 5.91 Å². The summed E-state index contributed by atoms with van der Waals surface area (Å²) in [5.41, 5.74) is 1.25. The molecule has 1 aliphatic rings. The van der Waals surface area contributed by atoms with Crippen molar-refractivity contribution in [1.82, 2.24) is 9.88 Å². The summed E-state index contributed by atoms with van der Waals surface area (Å²) >= 11 is 0. The number of ketones is 1. The number of aromatic amines is 1. The number of nitrogens with zero attached hydrogens (tertiary/aromatic N) is 1. The number of benzene rings is 1. The number of Topliss-reactive ketones (excluding diaryl/α,β-unsaturated/α-hetero) is 1. The van der Waals surface area contributed by atoms with E-state index in [1.807, 2.05) is 18.7 Å². The summed E-state index contributed by atoms with van der Waals surface area (Å²) < 4.78 is 10.4. The van der Waals surface area contributed by atoms with Gasteiger partial charge < -0.3 is 19.8 Å². The van der Waals surface area contributed by atoms with Crippen LogP contribution >= 0.6 is 0 Å². The number of nitrogens with one attached hydrogen (secondary N) is 2. The molecular formula is C21H27N3O5. The molecule has 156 valence electrons. The molecule has 1 fully saturated rings. The van der Waals surface area contributed by atoms with E-state index in [1.54, 1.807) is 32.2 Å². The zero-order valence-corrected chi connectivity index (χ0v) is 17.2. The number of amides is 1. The summed E-state index contributed by atoms with van der Waals surface area (Å²) in [7, 11) is 1.55. The molecule has 3 rings (SSSR count). The Bertz CT molecular complexity index is 936. The average Bonchev–Trinajstić information content (AvgIpc) is 3.04. The van der Waals surface area contributed by atoms with Crippen molar-refractivity contribution >= 4 is 34.3 Å². The monoisotopic (exact) mass is 401 g/mol. The van der Waals surface area contributed by atoms with E-state index in [4.69, 9.17) is 9.47 Å². The van der Waals surface area contributed by atoms with Crippen molar-refractivity contribution in [2.45, 2.75) is 33.2 Å². The second-order valence-electron chi connectivity index (χ2n) is 7.41. The molecule has 1 aromatic carbocycles. The minimum Gasteiger partial charge on any atom is -0.497 e. The number of carbonyl (C=O) groups excluding carboxylic acids is 3. The van der Waals surface area contributed by atoms with Crippen molar-refractivity contribution in [1.29, 1.82) is 0 Å². The van der Waals surface area contributed by atoms with Gasteiger partial charge in [0.15, 0.2) is 0 Å². The van der Waals surface area contributed by atoms with Gasteiger partial charge in [-0.15, -0.1) is 0 Å². The Morgan fingerprint density at radius 3 is 2.76 bits per heavy atom. The molecule has 1 aliphatic heterocycles. The zero-order chi connectivity index (χ0) is 21.1. The number of hydrogen-bond acceptors (Lipinski definition) is 6. The van der Waals surface area contributed by atoms with Crippen molar-refractivity contribution < 1.29 is 23.9 Å². The largest absolute Gasteiger partial charge is 0.497 e. The molecule has 0 saturated carbocycles. The third-order valence-electron chi connectivity index (χ3n) is 5.27. The summed E-state index contributed by atoms with van der Waals surface area (Å²) in [5.74, 6) is -0.0514. The van der Waals surface area contributed by atoms with Crippen LogP contribution in [-0.4, -0.2) is 60.4 Å². The number of ether oxygens (including phenoxy) is 2. The molecule has 8 heteroatoms. The minimum atomic E-state index is -0.538. The molecular weight excluding hydrogens is 374 g/mol. The molecule has 2 N–H and O–H groups in total. The SMILES string of the molecule is CCOC(=O)c1[nH]c2ccc(OC)cc2c1NC(=O)CN1C[C@H](C)C(=O)C[C@H]1C. The van der Waals surface area contributed by atoms with E-state index >= 15 is 0 Å². The second kappa shape index (κ2) is 8.65. The number of hydrogen-bond donors (Lipinski definition) is 2. The van der Waals surface area contributed by atoms with Crippen LogP contribution in [-0.2, 0) is 14.3 Å². The molecule has 2 heterocycles. The molecule has 0 spiro atoms. The van der Waals surface area contributed by atoms with Gasteiger partial charge in [0, 0.05) is 35.8 Å². The van der Waals surface area contributed by atoms with Crippen molar-refractivity contribution in [3.05, 3.63) is 23.9 Å². The van der Waals surface area contributed by atoms with Gasteiger partial charge in [0.1, 0.15) is 17.2 Å². The summed E-state index contributed by atoms with van der Waals surface area (Å²) in [4.78, 5) is 42.1. The molecule has 0 unspecified atom stereocenters. The van der Waals surface area contributed by atoms with Crippen LogP contribution in [0.3, 0.4) is 0 Å². The fourth-order valence-corrected chi connectivity index (χ4v) is 3.62. The van der Waals surface area contributed by atoms with E-state index in [0.29, 0.717) is 35.3 Å². The zero-order valence-electron chi connectivity index (χ0n) is 17.2. The normalized spacial score (nSPS) is 19.9. The van der Waals surface area contributed by atoms with Gasteiger partial charge in [-0.25, -0.2) is 4.79 Å². The summed E-state index contributed by atoms with van der Waals surface area (Å²) in [6, 6.07) is 5.31. The van der Waals surface area contributed by atoms with Crippen LogP contribution in [0.4, 0.5) is 5.69 Å². The average molecular weight is 401 g/mol. The standard InChI is InChI=1S/C21H27N3O5/c1-5-29-21(27)20-19(15-9-14(28-4)6-7-16(15)22-20)23-18(26)11-24-10-12(2)17(25)8-13(24)3/h6-7,9,12-13,22H,5,8,10-11H2,1-4H3,(H,23,26)/t12-,13+/m0/s1. The van der Waals surface area contributed by atoms with Crippen LogP contribution in [0.5, 0.6) is 5.75 Å². The van der Waals surface area contributed by atoms with Gasteiger partial charge in [-0.1, -0.05) is 6.92 Å². The quantitative estimate of drug-likeness (QED) is 0.722. The molecule has 1 amide bonds. The first-order valence-corrected chi connectivity index (χ1v) is 9.77. The maximum atomic E-state index is 12.8. The summed E-state index contributed by atoms with van der Waals surface area (Å²) in [6.45, 7) is 6.45. The highest BCUT2D eigenvalue weighted by Crippen LogP contribution is 2.31. The second-order valence-corrected chi connectivity index (χ2v) is 7.41. The van der Waals surface area contributed by atoms with Gasteiger partial charge in [-0.3, -0.25) is 14.5 Å². The van der Waals surface area contributed by atoms with Gasteiger partial charge in [0.25, 0.3) is 0 Å². The Kier molecular flexibility index (Phi) is 6.22. The first-order chi connectivity index (χ1) is 13.8. The first kappa shape index (κ1) is 20.9. The van der Waals surface area contributed by atoms with Crippen molar-refractivity contribution in [2.24, 2.45) is 5.92 Å². The van der Waals surface area contributed by atoms with Gasteiger partial charge in [-0.2, -0.15) is 0 Å². The molecule has 0 radical (unpaired) electrons. The Hall–Kier alpha value is -2.87. The fraction of sp³-hybridized carbons (Fsp3) is 0.476. The molecule has 1 saturated heterocycles. The van der Waals surface area contributed by atoms with Crippen LogP contribution in [0, 0.1) is 5.92 Å². The molecule has 8 nitrogen and oxygen atoms in total. The Labute approximate surface area is 169 Å². The van der Waals surface area contributed by atoms with E-state index in [0.717, 1.165) is 0 Å². The number of piperidine rings is 1. The lowest BCUT2D eigenvalue weighted by molar-refractivity contribution is -0.129. The number of carbonyl (C=O) groups is 3. The van der Waals surface area contributed by atoms with Gasteiger partial charge >= 0.3 is 5.97 Å². The van der Waals surface area contributed by atoms with E-state index in [-0.39, 0.29) is 42.5 Å². The highest BCUT2D eigenvalue weighted by atomic mass is 16.5. The van der Waals surface area contributed by atoms with Gasteiger partial charge in [0.05, 0.1) is 25.9 Å². The molecule has 1 aromatic heterocycles. The predicted octanol–water partition coefficient (Wildman–Crippen LogP) is 2.59. The Balaban J connectivity index is 1.87. The smallest absolute Gasteiger partial charge is 0.356 e. The first-order valence-electron chi connectivity index (χ1n) is 9.77. The van der Waals surface area contributed by atoms with Crippen molar-refractivity contribution in [3.8, 4) is 5.75 Å². The lowest BCUT2D eigenvalue weighted by atomic mass is 9.93.